The number of amides is 2. The van der Waals surface area contributed by atoms with Gasteiger partial charge in [-0.25, -0.2) is 22.0 Å². The van der Waals surface area contributed by atoms with Gasteiger partial charge in [-0.3, -0.25) is 14.4 Å². The van der Waals surface area contributed by atoms with E-state index in [9.17, 15) is 31.5 Å². The molecule has 0 spiro atoms. The molecule has 1 heterocycles. The maximum absolute atomic E-state index is 13.7. The van der Waals surface area contributed by atoms with Crippen LogP contribution in [0.4, 0.5) is 22.0 Å². The van der Waals surface area contributed by atoms with Crippen LogP contribution in [0.3, 0.4) is 0 Å². The predicted molar refractivity (Wildman–Crippen MR) is 74.5 cm³/mol. The lowest BCUT2D eigenvalue weighted by molar-refractivity contribution is -0.194. The summed E-state index contributed by atoms with van der Waals surface area (Å²) in [7, 11) is 1.39. The van der Waals surface area contributed by atoms with Gasteiger partial charge < -0.3 is 4.74 Å². The van der Waals surface area contributed by atoms with Crippen molar-refractivity contribution in [3.63, 3.8) is 0 Å². The second kappa shape index (κ2) is 6.92. The largest absolute Gasteiger partial charge is 0.381 e. The molecule has 3 unspecified atom stereocenters. The van der Waals surface area contributed by atoms with Crippen LogP contribution in [-0.4, -0.2) is 30.1 Å². The van der Waals surface area contributed by atoms with E-state index in [1.54, 1.807) is 0 Å². The Hall–Kier alpha value is -2.07. The number of benzene rings is 1. The van der Waals surface area contributed by atoms with Crippen LogP contribution in [0.5, 0.6) is 0 Å². The summed E-state index contributed by atoms with van der Waals surface area (Å²) in [5.74, 6) is -13.7. The number of hydrogen-bond acceptors (Lipinski definition) is 4. The van der Waals surface area contributed by atoms with Crippen LogP contribution in [0.2, 0.25) is 0 Å². The SMILES string of the molecule is COC1CCCC2C(=O)N(OCc3c(F)c(F)c(F)c(F)c3F)C(=O)C12. The quantitative estimate of drug-likeness (QED) is 0.349. The molecule has 1 aromatic carbocycles. The first-order valence-electron chi connectivity index (χ1n) is 7.83. The maximum Gasteiger partial charge on any atom is 0.260 e. The lowest BCUT2D eigenvalue weighted by Crippen LogP contribution is -2.36. The number of rotatable bonds is 4. The Morgan fingerprint density at radius 2 is 1.50 bits per heavy atom. The predicted octanol–water partition coefficient (Wildman–Crippen LogP) is 2.61. The zero-order valence-corrected chi connectivity index (χ0v) is 13.5. The van der Waals surface area contributed by atoms with Crippen molar-refractivity contribution in [2.75, 3.05) is 7.11 Å². The van der Waals surface area contributed by atoms with Crippen LogP contribution in [0.25, 0.3) is 0 Å². The van der Waals surface area contributed by atoms with Crippen molar-refractivity contribution in [2.45, 2.75) is 32.0 Å². The molecule has 2 aliphatic rings. The van der Waals surface area contributed by atoms with Crippen LogP contribution in [-0.2, 0) is 25.8 Å². The monoisotopic (exact) mass is 379 g/mol. The molecular weight excluding hydrogens is 365 g/mol. The zero-order valence-electron chi connectivity index (χ0n) is 13.5. The van der Waals surface area contributed by atoms with E-state index in [-0.39, 0.29) is 0 Å². The normalized spacial score (nSPS) is 25.8. The first-order valence-corrected chi connectivity index (χ1v) is 7.83. The average molecular weight is 379 g/mol. The van der Waals surface area contributed by atoms with Gasteiger partial charge in [0.2, 0.25) is 5.82 Å². The topological polar surface area (TPSA) is 55.8 Å². The molecule has 1 saturated carbocycles. The lowest BCUT2D eigenvalue weighted by atomic mass is 9.79. The van der Waals surface area contributed by atoms with Gasteiger partial charge in [-0.15, -0.1) is 0 Å². The van der Waals surface area contributed by atoms with E-state index in [4.69, 9.17) is 9.57 Å². The molecule has 3 atom stereocenters. The third-order valence-electron chi connectivity index (χ3n) is 4.78. The molecule has 10 heteroatoms. The van der Waals surface area contributed by atoms with Crippen molar-refractivity contribution >= 4 is 11.8 Å². The highest BCUT2D eigenvalue weighted by Gasteiger charge is 2.53. The molecule has 3 rings (SSSR count). The molecule has 26 heavy (non-hydrogen) atoms. The van der Waals surface area contributed by atoms with E-state index in [1.807, 2.05) is 0 Å². The minimum atomic E-state index is -2.30. The van der Waals surface area contributed by atoms with Crippen LogP contribution in [0.1, 0.15) is 24.8 Å². The standard InChI is InChI=1S/C16H14F5NO4/c1-25-8-4-2-3-6-9(8)16(24)22(15(6)23)26-5-7-10(17)12(19)14(21)13(20)11(7)18/h6,8-9H,2-5H2,1H3. The first kappa shape index (κ1) is 18.7. The summed E-state index contributed by atoms with van der Waals surface area (Å²) < 4.78 is 72.0. The van der Waals surface area contributed by atoms with E-state index in [2.05, 4.69) is 0 Å². The van der Waals surface area contributed by atoms with Gasteiger partial charge in [0.15, 0.2) is 23.3 Å². The molecule has 0 radical (unpaired) electrons. The van der Waals surface area contributed by atoms with Gasteiger partial charge in [0.25, 0.3) is 11.8 Å². The van der Waals surface area contributed by atoms with E-state index < -0.39 is 71.0 Å². The fraction of sp³-hybridized carbons (Fsp3) is 0.500. The average Bonchev–Trinajstić information content (AvgIpc) is 2.89. The highest BCUT2D eigenvalue weighted by molar-refractivity contribution is 6.04. The van der Waals surface area contributed by atoms with Gasteiger partial charge in [-0.2, -0.15) is 5.06 Å². The van der Waals surface area contributed by atoms with Gasteiger partial charge in [-0.05, 0) is 12.8 Å². The molecule has 1 aliphatic carbocycles. The van der Waals surface area contributed by atoms with E-state index in [1.165, 1.54) is 7.11 Å². The van der Waals surface area contributed by atoms with Crippen LogP contribution >= 0.6 is 0 Å². The van der Waals surface area contributed by atoms with E-state index >= 15 is 0 Å². The number of methoxy groups -OCH3 is 1. The number of carbonyl (C=O) groups excluding carboxylic acids is 2. The summed E-state index contributed by atoms with van der Waals surface area (Å²) in [6.07, 6.45) is 1.11. The van der Waals surface area contributed by atoms with Crippen LogP contribution in [0, 0.1) is 40.9 Å². The Kier molecular flexibility index (Phi) is 4.98. The molecule has 2 fully saturated rings. The Balaban J connectivity index is 1.83. The van der Waals surface area contributed by atoms with Crippen LogP contribution in [0.15, 0.2) is 0 Å². The first-order chi connectivity index (χ1) is 12.3. The fourth-order valence-electron chi connectivity index (χ4n) is 3.46. The summed E-state index contributed by atoms with van der Waals surface area (Å²) in [5.41, 5.74) is -1.26. The fourth-order valence-corrected chi connectivity index (χ4v) is 3.46. The highest BCUT2D eigenvalue weighted by Crippen LogP contribution is 2.40. The van der Waals surface area contributed by atoms with E-state index in [0.29, 0.717) is 24.3 Å². The minimum Gasteiger partial charge on any atom is -0.381 e. The van der Waals surface area contributed by atoms with Crippen molar-refractivity contribution in [1.29, 1.82) is 0 Å². The van der Waals surface area contributed by atoms with Gasteiger partial charge in [-0.1, -0.05) is 6.42 Å². The van der Waals surface area contributed by atoms with Crippen molar-refractivity contribution in [2.24, 2.45) is 11.8 Å². The van der Waals surface area contributed by atoms with Crippen molar-refractivity contribution in [3.05, 3.63) is 34.6 Å². The number of nitrogens with zero attached hydrogens (tertiary/aromatic N) is 1. The van der Waals surface area contributed by atoms with Crippen molar-refractivity contribution < 1.29 is 41.1 Å². The zero-order chi connectivity index (χ0) is 19.2. The summed E-state index contributed by atoms with van der Waals surface area (Å²) >= 11 is 0. The number of imide groups is 1. The lowest BCUT2D eigenvalue weighted by Gasteiger charge is -2.28. The maximum atomic E-state index is 13.7. The Morgan fingerprint density at radius 1 is 0.923 bits per heavy atom. The number of hydrogen-bond donors (Lipinski definition) is 0. The number of carbonyl (C=O) groups is 2. The Bertz CT molecular complexity index is 742. The molecular formula is C16H14F5NO4. The Morgan fingerprint density at radius 3 is 2.08 bits per heavy atom. The van der Waals surface area contributed by atoms with Crippen molar-refractivity contribution in [1.82, 2.24) is 5.06 Å². The number of hydroxylamine groups is 2. The smallest absolute Gasteiger partial charge is 0.260 e. The molecule has 0 bridgehead atoms. The minimum absolute atomic E-state index is 0.338. The second-order valence-electron chi connectivity index (χ2n) is 6.13. The molecule has 1 aromatic rings. The highest BCUT2D eigenvalue weighted by atomic mass is 19.2. The van der Waals surface area contributed by atoms with Gasteiger partial charge in [0.05, 0.1) is 23.5 Å². The van der Waals surface area contributed by atoms with Crippen molar-refractivity contribution in [3.8, 4) is 0 Å². The van der Waals surface area contributed by atoms with Gasteiger partial charge in [0.1, 0.15) is 6.61 Å². The molecule has 0 N–H and O–H groups in total. The molecule has 1 saturated heterocycles. The van der Waals surface area contributed by atoms with Gasteiger partial charge in [0, 0.05) is 7.11 Å². The second-order valence-corrected chi connectivity index (χ2v) is 6.13. The molecule has 1 aliphatic heterocycles. The van der Waals surface area contributed by atoms with Gasteiger partial charge >= 0.3 is 0 Å². The molecule has 5 nitrogen and oxygen atoms in total. The summed E-state index contributed by atoms with van der Waals surface area (Å²) in [6.45, 7) is -1.17. The molecule has 142 valence electrons. The summed E-state index contributed by atoms with van der Waals surface area (Å²) in [4.78, 5) is 29.6. The third-order valence-corrected chi connectivity index (χ3v) is 4.78. The summed E-state index contributed by atoms with van der Waals surface area (Å²) in [6, 6.07) is 0. The van der Waals surface area contributed by atoms with E-state index in [0.717, 1.165) is 0 Å². The Labute approximate surface area is 144 Å². The number of halogens is 5. The molecule has 2 amide bonds. The summed E-state index contributed by atoms with van der Waals surface area (Å²) in [5, 5.41) is 0.338. The number of ether oxygens (including phenoxy) is 1. The third kappa shape index (κ3) is 2.77. The molecule has 0 aromatic heterocycles. The van der Waals surface area contributed by atoms with Crippen LogP contribution < -0.4 is 0 Å². The number of fused-ring (bicyclic) bond motifs is 1.